The minimum Gasteiger partial charge on any atom is -0.393 e. The molecule has 1 aliphatic heterocycles. The lowest BCUT2D eigenvalue weighted by molar-refractivity contribution is -0.117. The highest BCUT2D eigenvalue weighted by molar-refractivity contribution is 5.87. The van der Waals surface area contributed by atoms with Gasteiger partial charge in [-0.1, -0.05) is 97.1 Å². The Morgan fingerprint density at radius 2 is 1.50 bits per heavy atom. The van der Waals surface area contributed by atoms with E-state index in [1.54, 1.807) is 36.5 Å². The molecular weight excluding hydrogens is 426 g/mol. The fourth-order valence-corrected chi connectivity index (χ4v) is 3.29. The van der Waals surface area contributed by atoms with Crippen molar-refractivity contribution in [3.8, 4) is 0 Å². The van der Waals surface area contributed by atoms with Crippen LogP contribution in [0.4, 0.5) is 0 Å². The van der Waals surface area contributed by atoms with Gasteiger partial charge in [0.05, 0.1) is 18.3 Å². The first kappa shape index (κ1) is 29.3. The van der Waals surface area contributed by atoms with Gasteiger partial charge in [0, 0.05) is 24.5 Å². The molecule has 1 rings (SSSR count). The van der Waals surface area contributed by atoms with Gasteiger partial charge < -0.3 is 20.6 Å². The molecule has 0 radical (unpaired) electrons. The third-order valence-corrected chi connectivity index (χ3v) is 5.26. The van der Waals surface area contributed by atoms with Crippen molar-refractivity contribution in [1.29, 1.82) is 0 Å². The van der Waals surface area contributed by atoms with Gasteiger partial charge in [0.2, 0.25) is 5.91 Å². The Hall–Kier alpha value is -2.73. The van der Waals surface area contributed by atoms with E-state index < -0.39 is 18.3 Å². The molecule has 1 heterocycles. The summed E-state index contributed by atoms with van der Waals surface area (Å²) >= 11 is 0. The summed E-state index contributed by atoms with van der Waals surface area (Å²) in [7, 11) is 0. The van der Waals surface area contributed by atoms with Crippen LogP contribution in [0.25, 0.3) is 0 Å². The molecular formula is C29H41NO4. The first-order chi connectivity index (χ1) is 16.2. The van der Waals surface area contributed by atoms with Crippen LogP contribution in [0.5, 0.6) is 0 Å². The second-order valence-corrected chi connectivity index (χ2v) is 8.86. The van der Waals surface area contributed by atoms with Crippen LogP contribution >= 0.6 is 0 Å². The second kappa shape index (κ2) is 16.8. The zero-order chi connectivity index (χ0) is 25.3. The van der Waals surface area contributed by atoms with Crippen LogP contribution in [-0.2, 0) is 4.79 Å². The number of hydrogen-bond donors (Lipinski definition) is 4. The molecule has 0 unspecified atom stereocenters. The zero-order valence-corrected chi connectivity index (χ0v) is 20.8. The maximum Gasteiger partial charge on any atom is 0.244 e. The predicted octanol–water partition coefficient (Wildman–Crippen LogP) is 4.62. The average molecular weight is 468 g/mol. The van der Waals surface area contributed by atoms with E-state index in [0.29, 0.717) is 0 Å². The van der Waals surface area contributed by atoms with Crippen molar-refractivity contribution in [2.45, 2.75) is 71.3 Å². The quantitative estimate of drug-likeness (QED) is 0.418. The van der Waals surface area contributed by atoms with Crippen molar-refractivity contribution >= 4 is 5.91 Å². The van der Waals surface area contributed by atoms with E-state index in [1.807, 2.05) is 64.2 Å². The van der Waals surface area contributed by atoms with Crippen molar-refractivity contribution in [2.24, 2.45) is 5.92 Å². The molecule has 0 aromatic rings. The van der Waals surface area contributed by atoms with Gasteiger partial charge in [-0.15, -0.1) is 0 Å². The van der Waals surface area contributed by atoms with Crippen LogP contribution in [0.1, 0.15) is 47.0 Å². The molecule has 34 heavy (non-hydrogen) atoms. The van der Waals surface area contributed by atoms with Crippen molar-refractivity contribution in [3.63, 3.8) is 0 Å². The molecule has 186 valence electrons. The average Bonchev–Trinajstić information content (AvgIpc) is 2.75. The molecule has 0 aromatic heterocycles. The minimum atomic E-state index is -0.810. The number of allylic oxidation sites excluding steroid dienone is 12. The Morgan fingerprint density at radius 3 is 2.26 bits per heavy atom. The molecule has 5 nitrogen and oxygen atoms in total. The van der Waals surface area contributed by atoms with Gasteiger partial charge in [-0.2, -0.15) is 0 Å². The summed E-state index contributed by atoms with van der Waals surface area (Å²) in [5, 5.41) is 33.6. The molecule has 0 aliphatic carbocycles. The van der Waals surface area contributed by atoms with Gasteiger partial charge in [-0.25, -0.2) is 0 Å². The van der Waals surface area contributed by atoms with Gasteiger partial charge in [-0.05, 0) is 33.6 Å². The molecule has 0 saturated heterocycles. The topological polar surface area (TPSA) is 89.8 Å². The fraction of sp³-hybridized carbons (Fsp3) is 0.414. The molecule has 0 saturated carbocycles. The maximum atomic E-state index is 12.0. The summed E-state index contributed by atoms with van der Waals surface area (Å²) in [6, 6.07) is 0.0181. The molecule has 0 bridgehead atoms. The van der Waals surface area contributed by atoms with E-state index in [2.05, 4.69) is 11.4 Å². The van der Waals surface area contributed by atoms with Gasteiger partial charge in [0.25, 0.3) is 0 Å². The first-order valence-electron chi connectivity index (χ1n) is 11.9. The highest BCUT2D eigenvalue weighted by Gasteiger charge is 2.18. The molecule has 0 fully saturated rings. The Balaban J connectivity index is 2.93. The van der Waals surface area contributed by atoms with Crippen LogP contribution in [-0.4, -0.2) is 45.6 Å². The monoisotopic (exact) mass is 467 g/mol. The largest absolute Gasteiger partial charge is 0.393 e. The molecule has 5 heteroatoms. The smallest absolute Gasteiger partial charge is 0.244 e. The molecule has 0 spiro atoms. The number of hydrogen-bond acceptors (Lipinski definition) is 4. The Labute approximate surface area is 205 Å². The third-order valence-electron chi connectivity index (χ3n) is 5.26. The molecule has 0 aromatic carbocycles. The van der Waals surface area contributed by atoms with Crippen LogP contribution in [0.3, 0.4) is 0 Å². The number of aliphatic hydroxyl groups is 3. The van der Waals surface area contributed by atoms with Crippen LogP contribution in [0.15, 0.2) is 96.2 Å². The second-order valence-electron chi connectivity index (χ2n) is 8.86. The SMILES string of the molecule is CC1=C\C=C\C[C@H](C)NC(=O)/C=C/C=C/C=C/[C@H](C)[C@@H](O)C[C@@H](O)C[C@@H](O)/C=C\C=C\C(C)=C\1. The Bertz CT molecular complexity index is 857. The lowest BCUT2D eigenvalue weighted by Gasteiger charge is -2.20. The van der Waals surface area contributed by atoms with Gasteiger partial charge >= 0.3 is 0 Å². The van der Waals surface area contributed by atoms with Crippen molar-refractivity contribution in [3.05, 3.63) is 96.2 Å². The predicted molar refractivity (Wildman–Crippen MR) is 141 cm³/mol. The van der Waals surface area contributed by atoms with Gasteiger partial charge in [-0.3, -0.25) is 4.79 Å². The summed E-state index contributed by atoms with van der Waals surface area (Å²) in [4.78, 5) is 12.0. The van der Waals surface area contributed by atoms with E-state index in [0.717, 1.165) is 17.6 Å². The van der Waals surface area contributed by atoms with Crippen LogP contribution < -0.4 is 5.32 Å². The highest BCUT2D eigenvalue weighted by atomic mass is 16.3. The number of aliphatic hydroxyl groups excluding tert-OH is 3. The van der Waals surface area contributed by atoms with E-state index >= 15 is 0 Å². The molecule has 4 N–H and O–H groups in total. The van der Waals surface area contributed by atoms with E-state index in [9.17, 15) is 20.1 Å². The fourth-order valence-electron chi connectivity index (χ4n) is 3.29. The highest BCUT2D eigenvalue weighted by Crippen LogP contribution is 2.14. The Kier molecular flexibility index (Phi) is 14.5. The van der Waals surface area contributed by atoms with Crippen molar-refractivity contribution in [1.82, 2.24) is 5.32 Å². The van der Waals surface area contributed by atoms with Crippen molar-refractivity contribution < 1.29 is 20.1 Å². The summed E-state index contributed by atoms with van der Waals surface area (Å²) in [5.41, 5.74) is 2.16. The summed E-state index contributed by atoms with van der Waals surface area (Å²) < 4.78 is 0. The summed E-state index contributed by atoms with van der Waals surface area (Å²) in [5.74, 6) is -0.316. The molecule has 1 aliphatic rings. The molecule has 1 amide bonds. The number of amides is 1. The lowest BCUT2D eigenvalue weighted by atomic mass is 9.96. The van der Waals surface area contributed by atoms with E-state index in [4.69, 9.17) is 0 Å². The van der Waals surface area contributed by atoms with Crippen LogP contribution in [0, 0.1) is 5.92 Å². The zero-order valence-electron chi connectivity index (χ0n) is 20.8. The third kappa shape index (κ3) is 14.4. The molecule has 5 atom stereocenters. The van der Waals surface area contributed by atoms with E-state index in [1.165, 1.54) is 6.08 Å². The first-order valence-corrected chi connectivity index (χ1v) is 11.9. The normalized spacial score (nSPS) is 37.6. The van der Waals surface area contributed by atoms with Crippen molar-refractivity contribution in [2.75, 3.05) is 0 Å². The van der Waals surface area contributed by atoms with E-state index in [-0.39, 0.29) is 30.7 Å². The number of rotatable bonds is 0. The Morgan fingerprint density at radius 1 is 0.824 bits per heavy atom. The number of nitrogens with one attached hydrogen (secondary N) is 1. The van der Waals surface area contributed by atoms with Gasteiger partial charge in [0.1, 0.15) is 0 Å². The van der Waals surface area contributed by atoms with Gasteiger partial charge in [0.15, 0.2) is 0 Å². The lowest BCUT2D eigenvalue weighted by Crippen LogP contribution is -2.30. The maximum absolute atomic E-state index is 12.0. The summed E-state index contributed by atoms with van der Waals surface area (Å²) in [6.07, 6.45) is 24.3. The summed E-state index contributed by atoms with van der Waals surface area (Å²) in [6.45, 7) is 7.84. The number of carbonyl (C=O) groups is 1. The minimum absolute atomic E-state index is 0.0181. The standard InChI is InChI=1S/C29H41NO4/c1-22-13-9-11-16-25(4)30-29(34)18-8-6-5-7-15-24(3)28(33)21-27(32)20-26(31)17-12-10-14-23(2)19-22/h5-15,17-19,24-28,31-33H,16,20-21H2,1-4H3,(H,30,34)/b6-5+,11-9+,14-10+,15-7+,17-12-,18-8+,22-13+,23-19+/t24-,25-,26-,27-,28-/m0/s1. The van der Waals surface area contributed by atoms with Crippen LogP contribution in [0.2, 0.25) is 0 Å². The number of carbonyl (C=O) groups excluding carboxylic acids is 1.